The number of aliphatic carboxylic acids is 1. The van der Waals surface area contributed by atoms with Crippen molar-refractivity contribution in [2.24, 2.45) is 5.92 Å². The summed E-state index contributed by atoms with van der Waals surface area (Å²) in [6, 6.07) is 0. The molecular formula is C36H68O8. The van der Waals surface area contributed by atoms with Crippen LogP contribution in [0.3, 0.4) is 0 Å². The lowest BCUT2D eigenvalue weighted by molar-refractivity contribution is -0.145. The first-order valence-electron chi connectivity index (χ1n) is 18.0. The first kappa shape index (κ1) is 44.0. The summed E-state index contributed by atoms with van der Waals surface area (Å²) in [4.78, 5) is 44.7. The summed E-state index contributed by atoms with van der Waals surface area (Å²) in [5.74, 6) is -0.405. The minimum absolute atomic E-state index is 0.0664. The number of rotatable bonds is 30. The van der Waals surface area contributed by atoms with Crippen LogP contribution in [0.25, 0.3) is 0 Å². The van der Waals surface area contributed by atoms with Crippen LogP contribution in [-0.2, 0) is 33.4 Å². The van der Waals surface area contributed by atoms with Gasteiger partial charge in [-0.2, -0.15) is 0 Å². The highest BCUT2D eigenvalue weighted by atomic mass is 16.5. The molecule has 0 aromatic rings. The largest absolute Gasteiger partial charge is 0.481 e. The Morgan fingerprint density at radius 2 is 0.841 bits per heavy atom. The third kappa shape index (κ3) is 36.1. The second-order valence-electron chi connectivity index (χ2n) is 11.9. The maximum absolute atomic E-state index is 11.7. The summed E-state index contributed by atoms with van der Waals surface area (Å²) in [6.07, 6.45) is 22.4. The van der Waals surface area contributed by atoms with Crippen molar-refractivity contribution in [3.63, 3.8) is 0 Å². The fourth-order valence-electron chi connectivity index (χ4n) is 4.48. The van der Waals surface area contributed by atoms with Gasteiger partial charge in [0, 0.05) is 25.7 Å². The van der Waals surface area contributed by atoms with Crippen molar-refractivity contribution in [1.29, 1.82) is 0 Å². The van der Waals surface area contributed by atoms with E-state index < -0.39 is 5.97 Å². The molecule has 0 aromatic heterocycles. The molecule has 1 atom stereocenters. The summed E-state index contributed by atoms with van der Waals surface area (Å²) in [5.41, 5.74) is 0. The molecule has 0 aliphatic rings. The Hall–Kier alpha value is -2.12. The quantitative estimate of drug-likeness (QED) is 0.0475. The van der Waals surface area contributed by atoms with E-state index in [-0.39, 0.29) is 24.3 Å². The number of esters is 3. The van der Waals surface area contributed by atoms with E-state index >= 15 is 0 Å². The van der Waals surface area contributed by atoms with E-state index in [9.17, 15) is 19.2 Å². The molecule has 0 aliphatic heterocycles. The van der Waals surface area contributed by atoms with Gasteiger partial charge in [-0.3, -0.25) is 19.2 Å². The molecule has 0 heterocycles. The van der Waals surface area contributed by atoms with E-state index in [0.717, 1.165) is 116 Å². The Bertz CT molecular complexity index is 651. The van der Waals surface area contributed by atoms with Gasteiger partial charge in [0.05, 0.1) is 19.8 Å². The molecule has 0 amide bonds. The number of carbonyl (C=O) groups excluding carboxylic acids is 3. The van der Waals surface area contributed by atoms with Gasteiger partial charge in [0.2, 0.25) is 0 Å². The Morgan fingerprint density at radius 3 is 1.20 bits per heavy atom. The van der Waals surface area contributed by atoms with Crippen LogP contribution in [-0.4, -0.2) is 48.8 Å². The minimum atomic E-state index is -0.716. The number of carboxylic acids is 1. The molecule has 0 aromatic carbocycles. The topological polar surface area (TPSA) is 116 Å². The molecule has 0 saturated carbocycles. The highest BCUT2D eigenvalue weighted by molar-refractivity contribution is 5.70. The average Bonchev–Trinajstić information content (AvgIpc) is 3.00. The highest BCUT2D eigenvalue weighted by Gasteiger charge is 2.10. The molecule has 0 fully saturated rings. The zero-order valence-corrected chi connectivity index (χ0v) is 29.0. The van der Waals surface area contributed by atoms with E-state index in [4.69, 9.17) is 19.3 Å². The molecule has 0 aliphatic carbocycles. The molecule has 8 heteroatoms. The summed E-state index contributed by atoms with van der Waals surface area (Å²) >= 11 is 0. The molecule has 0 rings (SSSR count). The predicted octanol–water partition coefficient (Wildman–Crippen LogP) is 9.75. The van der Waals surface area contributed by atoms with Crippen molar-refractivity contribution in [3.05, 3.63) is 0 Å². The Balaban J connectivity index is 0. The Labute approximate surface area is 269 Å². The van der Waals surface area contributed by atoms with Crippen molar-refractivity contribution in [1.82, 2.24) is 0 Å². The smallest absolute Gasteiger partial charge is 0.305 e. The maximum atomic E-state index is 11.7. The van der Waals surface area contributed by atoms with Crippen molar-refractivity contribution in [2.75, 3.05) is 19.8 Å². The van der Waals surface area contributed by atoms with E-state index in [2.05, 4.69) is 27.7 Å². The maximum Gasteiger partial charge on any atom is 0.305 e. The molecule has 1 N–H and O–H groups in total. The lowest BCUT2D eigenvalue weighted by Gasteiger charge is -2.14. The highest BCUT2D eigenvalue weighted by Crippen LogP contribution is 2.14. The first-order valence-corrected chi connectivity index (χ1v) is 18.0. The third-order valence-electron chi connectivity index (χ3n) is 7.58. The van der Waals surface area contributed by atoms with Crippen LogP contribution in [0, 0.1) is 5.92 Å². The molecule has 0 radical (unpaired) electrons. The van der Waals surface area contributed by atoms with E-state index in [1.807, 2.05) is 0 Å². The summed E-state index contributed by atoms with van der Waals surface area (Å²) < 4.78 is 15.6. The zero-order valence-electron chi connectivity index (χ0n) is 29.0. The summed E-state index contributed by atoms with van der Waals surface area (Å²) in [7, 11) is 0. The lowest BCUT2D eigenvalue weighted by Crippen LogP contribution is -2.13. The van der Waals surface area contributed by atoms with Gasteiger partial charge in [-0.1, -0.05) is 111 Å². The fourth-order valence-corrected chi connectivity index (χ4v) is 4.48. The van der Waals surface area contributed by atoms with Crippen LogP contribution in [0.4, 0.5) is 0 Å². The van der Waals surface area contributed by atoms with Gasteiger partial charge in [-0.25, -0.2) is 0 Å². The number of carbonyl (C=O) groups is 4. The second kappa shape index (κ2) is 35.4. The van der Waals surface area contributed by atoms with Crippen LogP contribution >= 0.6 is 0 Å². The standard InChI is InChI=1S/2C18H34O4/c1-3-5-12-16(4-2)15-22-18(21)14-11-9-7-6-8-10-13-17(19)20;1-3-5-15-21-17(19)13-11-9-7-8-10-12-14-18(20)22-16-6-4-2/h16H,3-15H2,1-2H3,(H,19,20);3-16H2,1-2H3. The fraction of sp³-hybridized carbons (Fsp3) is 0.889. The number of carboxylic acid groups (broad SMARTS) is 1. The van der Waals surface area contributed by atoms with E-state index in [1.165, 1.54) is 12.8 Å². The number of ether oxygens (including phenoxy) is 3. The first-order chi connectivity index (χ1) is 21.3. The molecular weight excluding hydrogens is 560 g/mol. The molecule has 260 valence electrons. The van der Waals surface area contributed by atoms with Gasteiger partial charge >= 0.3 is 23.9 Å². The predicted molar refractivity (Wildman–Crippen MR) is 178 cm³/mol. The van der Waals surface area contributed by atoms with Crippen molar-refractivity contribution in [3.8, 4) is 0 Å². The molecule has 0 bridgehead atoms. The summed E-state index contributed by atoms with van der Waals surface area (Å²) in [6.45, 7) is 10.2. The number of unbranched alkanes of at least 4 members (excludes halogenated alkanes) is 13. The minimum Gasteiger partial charge on any atom is -0.481 e. The zero-order chi connectivity index (χ0) is 33.1. The monoisotopic (exact) mass is 628 g/mol. The molecule has 1 unspecified atom stereocenters. The van der Waals surface area contributed by atoms with Crippen molar-refractivity contribution >= 4 is 23.9 Å². The normalized spacial score (nSPS) is 11.3. The van der Waals surface area contributed by atoms with Crippen molar-refractivity contribution in [2.45, 2.75) is 182 Å². The van der Waals surface area contributed by atoms with Crippen LogP contribution in [0.2, 0.25) is 0 Å². The SMILES string of the molecule is CCCCC(CC)COC(=O)CCCCCCCCC(=O)O.CCCCOC(=O)CCCCCCCCC(=O)OCCCC. The van der Waals surface area contributed by atoms with Gasteiger partial charge in [-0.05, 0) is 50.9 Å². The van der Waals surface area contributed by atoms with Crippen LogP contribution in [0.1, 0.15) is 182 Å². The van der Waals surface area contributed by atoms with Crippen LogP contribution < -0.4 is 0 Å². The van der Waals surface area contributed by atoms with Gasteiger partial charge in [-0.15, -0.1) is 0 Å². The van der Waals surface area contributed by atoms with Gasteiger partial charge in [0.15, 0.2) is 0 Å². The molecule has 0 spiro atoms. The van der Waals surface area contributed by atoms with Crippen LogP contribution in [0.15, 0.2) is 0 Å². The second-order valence-corrected chi connectivity index (χ2v) is 11.9. The van der Waals surface area contributed by atoms with Gasteiger partial charge in [0.25, 0.3) is 0 Å². The lowest BCUT2D eigenvalue weighted by atomic mass is 10.0. The van der Waals surface area contributed by atoms with E-state index in [0.29, 0.717) is 45.0 Å². The molecule has 44 heavy (non-hydrogen) atoms. The number of hydrogen-bond acceptors (Lipinski definition) is 7. The number of hydrogen-bond donors (Lipinski definition) is 1. The average molecular weight is 629 g/mol. The van der Waals surface area contributed by atoms with Gasteiger partial charge in [0.1, 0.15) is 0 Å². The summed E-state index contributed by atoms with van der Waals surface area (Å²) in [5, 5.41) is 8.52. The van der Waals surface area contributed by atoms with Crippen LogP contribution in [0.5, 0.6) is 0 Å². The Morgan fingerprint density at radius 1 is 0.477 bits per heavy atom. The third-order valence-corrected chi connectivity index (χ3v) is 7.58. The van der Waals surface area contributed by atoms with E-state index in [1.54, 1.807) is 0 Å². The Kier molecular flexibility index (Phi) is 35.4. The molecule has 0 saturated heterocycles. The van der Waals surface area contributed by atoms with Crippen molar-refractivity contribution < 1.29 is 38.5 Å². The molecule has 8 nitrogen and oxygen atoms in total. The van der Waals surface area contributed by atoms with Gasteiger partial charge < -0.3 is 19.3 Å².